The zero-order valence-corrected chi connectivity index (χ0v) is 8.95. The topological polar surface area (TPSA) is 55.1 Å². The normalized spacial score (nSPS) is 17.1. The van der Waals surface area contributed by atoms with Gasteiger partial charge in [-0.2, -0.15) is 0 Å². The third-order valence-electron chi connectivity index (χ3n) is 2.82. The van der Waals surface area contributed by atoms with Gasteiger partial charge in [0.2, 0.25) is 5.91 Å². The molecular formula is C12H15FN2O. The fourth-order valence-electron chi connectivity index (χ4n) is 1.87. The van der Waals surface area contributed by atoms with Crippen molar-refractivity contribution in [3.63, 3.8) is 0 Å². The molecule has 0 radical (unpaired) electrons. The average Bonchev–Trinajstić information content (AvgIpc) is 3.04. The molecule has 0 aromatic heterocycles. The van der Waals surface area contributed by atoms with Crippen LogP contribution in [0.2, 0.25) is 0 Å². The van der Waals surface area contributed by atoms with Gasteiger partial charge in [0.15, 0.2) is 0 Å². The first kappa shape index (κ1) is 11.1. The molecule has 1 amide bonds. The Labute approximate surface area is 93.8 Å². The first-order valence-electron chi connectivity index (χ1n) is 5.44. The van der Waals surface area contributed by atoms with Crippen molar-refractivity contribution >= 4 is 5.91 Å². The van der Waals surface area contributed by atoms with Crippen molar-refractivity contribution in [1.82, 2.24) is 5.32 Å². The Balaban J connectivity index is 2.06. The molecule has 1 fully saturated rings. The lowest BCUT2D eigenvalue weighted by Gasteiger charge is -2.17. The number of benzene rings is 1. The quantitative estimate of drug-likeness (QED) is 0.790. The fraction of sp³-hybridized carbons (Fsp3) is 0.417. The molecule has 1 aliphatic carbocycles. The number of hydrogen-bond acceptors (Lipinski definition) is 2. The van der Waals surface area contributed by atoms with Crippen LogP contribution in [-0.4, -0.2) is 12.5 Å². The minimum absolute atomic E-state index is 0.119. The van der Waals surface area contributed by atoms with Gasteiger partial charge in [-0.3, -0.25) is 4.79 Å². The van der Waals surface area contributed by atoms with Crippen LogP contribution in [0.1, 0.15) is 24.4 Å². The molecule has 4 heteroatoms. The summed E-state index contributed by atoms with van der Waals surface area (Å²) in [5.41, 5.74) is 6.12. The van der Waals surface area contributed by atoms with Crippen molar-refractivity contribution in [2.75, 3.05) is 6.54 Å². The summed E-state index contributed by atoms with van der Waals surface area (Å²) in [5, 5.41) is 3.12. The van der Waals surface area contributed by atoms with E-state index in [0.29, 0.717) is 5.92 Å². The van der Waals surface area contributed by atoms with Crippen LogP contribution in [0.3, 0.4) is 0 Å². The molecule has 86 valence electrons. The van der Waals surface area contributed by atoms with Gasteiger partial charge in [-0.15, -0.1) is 0 Å². The van der Waals surface area contributed by atoms with E-state index >= 15 is 0 Å². The molecule has 1 aromatic carbocycles. The number of carbonyl (C=O) groups is 1. The zero-order chi connectivity index (χ0) is 11.5. The number of amides is 1. The van der Waals surface area contributed by atoms with E-state index in [9.17, 15) is 9.18 Å². The highest BCUT2D eigenvalue weighted by atomic mass is 19.1. The first-order chi connectivity index (χ1) is 7.66. The van der Waals surface area contributed by atoms with Crippen molar-refractivity contribution in [3.05, 3.63) is 35.6 Å². The number of hydrogen-bond donors (Lipinski definition) is 2. The van der Waals surface area contributed by atoms with Crippen molar-refractivity contribution < 1.29 is 9.18 Å². The van der Waals surface area contributed by atoms with Crippen molar-refractivity contribution in [2.24, 2.45) is 11.7 Å². The predicted octanol–water partition coefficient (Wildman–Crippen LogP) is 1.35. The minimum Gasteiger partial charge on any atom is -0.369 e. The van der Waals surface area contributed by atoms with E-state index in [-0.39, 0.29) is 24.3 Å². The molecule has 16 heavy (non-hydrogen) atoms. The van der Waals surface area contributed by atoms with E-state index in [0.717, 1.165) is 18.4 Å². The SMILES string of the molecule is NC(=O)CNC(c1ccc(F)cc1)C1CC1. The molecule has 2 rings (SSSR count). The summed E-state index contributed by atoms with van der Waals surface area (Å²) in [5.74, 6) is -0.0641. The van der Waals surface area contributed by atoms with Gasteiger partial charge < -0.3 is 11.1 Å². The number of rotatable bonds is 5. The summed E-state index contributed by atoms with van der Waals surface area (Å²) in [6.07, 6.45) is 2.29. The summed E-state index contributed by atoms with van der Waals surface area (Å²) in [6.45, 7) is 0.165. The van der Waals surface area contributed by atoms with E-state index in [4.69, 9.17) is 5.73 Å². The first-order valence-corrected chi connectivity index (χ1v) is 5.44. The zero-order valence-electron chi connectivity index (χ0n) is 8.95. The van der Waals surface area contributed by atoms with Gasteiger partial charge in [0.25, 0.3) is 0 Å². The highest BCUT2D eigenvalue weighted by molar-refractivity contribution is 5.75. The Bertz CT molecular complexity index is 373. The van der Waals surface area contributed by atoms with Crippen LogP contribution < -0.4 is 11.1 Å². The predicted molar refractivity (Wildman–Crippen MR) is 59.1 cm³/mol. The highest BCUT2D eigenvalue weighted by Crippen LogP contribution is 2.40. The summed E-state index contributed by atoms with van der Waals surface area (Å²) >= 11 is 0. The molecular weight excluding hydrogens is 207 g/mol. The molecule has 0 bridgehead atoms. The molecule has 0 saturated heterocycles. The minimum atomic E-state index is -0.368. The average molecular weight is 222 g/mol. The second-order valence-electron chi connectivity index (χ2n) is 4.21. The lowest BCUT2D eigenvalue weighted by atomic mass is 10.0. The van der Waals surface area contributed by atoms with Crippen LogP contribution in [-0.2, 0) is 4.79 Å². The van der Waals surface area contributed by atoms with Crippen molar-refractivity contribution in [3.8, 4) is 0 Å². The summed E-state index contributed by atoms with van der Waals surface area (Å²) < 4.78 is 12.8. The Hall–Kier alpha value is -1.42. The van der Waals surface area contributed by atoms with E-state index in [1.54, 1.807) is 12.1 Å². The van der Waals surface area contributed by atoms with Crippen LogP contribution in [0.5, 0.6) is 0 Å². The van der Waals surface area contributed by atoms with Crippen LogP contribution in [0, 0.1) is 11.7 Å². The van der Waals surface area contributed by atoms with Gasteiger partial charge in [0, 0.05) is 6.04 Å². The van der Waals surface area contributed by atoms with Crippen LogP contribution >= 0.6 is 0 Å². The number of halogens is 1. The van der Waals surface area contributed by atoms with Gasteiger partial charge >= 0.3 is 0 Å². The maximum absolute atomic E-state index is 12.8. The van der Waals surface area contributed by atoms with E-state index < -0.39 is 0 Å². The van der Waals surface area contributed by atoms with Crippen molar-refractivity contribution in [1.29, 1.82) is 0 Å². The van der Waals surface area contributed by atoms with Crippen LogP contribution in [0.25, 0.3) is 0 Å². The molecule has 3 N–H and O–H groups in total. The molecule has 0 spiro atoms. The second kappa shape index (κ2) is 4.61. The molecule has 1 saturated carbocycles. The van der Waals surface area contributed by atoms with E-state index in [1.165, 1.54) is 12.1 Å². The Morgan fingerprint density at radius 3 is 2.56 bits per heavy atom. The molecule has 1 aromatic rings. The molecule has 3 nitrogen and oxygen atoms in total. The Kier molecular flexibility index (Phi) is 3.19. The number of nitrogens with two attached hydrogens (primary N) is 1. The second-order valence-corrected chi connectivity index (χ2v) is 4.21. The standard InChI is InChI=1S/C12H15FN2O/c13-10-5-3-9(4-6-10)12(8-1-2-8)15-7-11(14)16/h3-6,8,12,15H,1-2,7H2,(H2,14,16). The van der Waals surface area contributed by atoms with Gasteiger partial charge in [0.1, 0.15) is 5.82 Å². The summed E-state index contributed by atoms with van der Waals surface area (Å²) in [7, 11) is 0. The number of nitrogens with one attached hydrogen (secondary N) is 1. The summed E-state index contributed by atoms with van der Waals surface area (Å²) in [4.78, 5) is 10.7. The maximum atomic E-state index is 12.8. The van der Waals surface area contributed by atoms with Gasteiger partial charge in [-0.05, 0) is 36.5 Å². The highest BCUT2D eigenvalue weighted by Gasteiger charge is 2.32. The van der Waals surface area contributed by atoms with Gasteiger partial charge in [-0.25, -0.2) is 4.39 Å². The number of primary amides is 1. The lowest BCUT2D eigenvalue weighted by molar-refractivity contribution is -0.117. The fourth-order valence-corrected chi connectivity index (χ4v) is 1.87. The van der Waals surface area contributed by atoms with E-state index in [2.05, 4.69) is 5.32 Å². The Morgan fingerprint density at radius 1 is 1.44 bits per heavy atom. The molecule has 1 aliphatic rings. The maximum Gasteiger partial charge on any atom is 0.231 e. The molecule has 0 aliphatic heterocycles. The summed E-state index contributed by atoms with van der Waals surface area (Å²) in [6, 6.07) is 6.51. The monoisotopic (exact) mass is 222 g/mol. The Morgan fingerprint density at radius 2 is 2.06 bits per heavy atom. The van der Waals surface area contributed by atoms with Gasteiger partial charge in [0.05, 0.1) is 6.54 Å². The molecule has 0 heterocycles. The van der Waals surface area contributed by atoms with Crippen molar-refractivity contribution in [2.45, 2.75) is 18.9 Å². The molecule has 1 unspecified atom stereocenters. The smallest absolute Gasteiger partial charge is 0.231 e. The third-order valence-corrected chi connectivity index (χ3v) is 2.82. The van der Waals surface area contributed by atoms with Gasteiger partial charge in [-0.1, -0.05) is 12.1 Å². The number of carbonyl (C=O) groups excluding carboxylic acids is 1. The van der Waals surface area contributed by atoms with Crippen LogP contribution in [0.15, 0.2) is 24.3 Å². The molecule has 1 atom stereocenters. The van der Waals surface area contributed by atoms with E-state index in [1.807, 2.05) is 0 Å². The third kappa shape index (κ3) is 2.79. The largest absolute Gasteiger partial charge is 0.369 e. The lowest BCUT2D eigenvalue weighted by Crippen LogP contribution is -2.32. The van der Waals surface area contributed by atoms with Crippen LogP contribution in [0.4, 0.5) is 4.39 Å².